The Morgan fingerprint density at radius 2 is 2.06 bits per heavy atom. The van der Waals surface area contributed by atoms with Crippen LogP contribution in [0, 0.1) is 19.7 Å². The number of nitrogens with two attached hydrogens (primary N) is 1. The Labute approximate surface area is 104 Å². The Morgan fingerprint density at radius 3 is 2.65 bits per heavy atom. The fourth-order valence-corrected chi connectivity index (χ4v) is 2.61. The van der Waals surface area contributed by atoms with Gasteiger partial charge in [0.15, 0.2) is 0 Å². The first-order valence-electron chi connectivity index (χ1n) is 5.41. The molecule has 0 radical (unpaired) electrons. The van der Waals surface area contributed by atoms with Crippen molar-refractivity contribution >= 4 is 22.7 Å². The summed E-state index contributed by atoms with van der Waals surface area (Å²) in [6, 6.07) is 6.56. The maximum Gasteiger partial charge on any atom is 0.125 e. The van der Waals surface area contributed by atoms with E-state index in [-0.39, 0.29) is 5.82 Å². The summed E-state index contributed by atoms with van der Waals surface area (Å²) in [6.45, 7) is 4.92. The van der Waals surface area contributed by atoms with Gasteiger partial charge in [0.2, 0.25) is 0 Å². The van der Waals surface area contributed by atoms with Crippen molar-refractivity contribution in [3.05, 3.63) is 45.4 Å². The number of hydrogen-bond donors (Lipinski definition) is 2. The number of nitrogen functional groups attached to an aromatic ring is 1. The van der Waals surface area contributed by atoms with Crippen LogP contribution >= 0.6 is 11.3 Å². The highest BCUT2D eigenvalue weighted by molar-refractivity contribution is 7.12. The molecule has 0 aliphatic rings. The van der Waals surface area contributed by atoms with Gasteiger partial charge in [-0.15, -0.1) is 11.3 Å². The zero-order valence-electron chi connectivity index (χ0n) is 9.88. The molecule has 2 nitrogen and oxygen atoms in total. The maximum absolute atomic E-state index is 12.9. The van der Waals surface area contributed by atoms with Crippen molar-refractivity contribution in [3.63, 3.8) is 0 Å². The first-order valence-corrected chi connectivity index (χ1v) is 6.22. The van der Waals surface area contributed by atoms with E-state index in [1.54, 1.807) is 17.4 Å². The minimum absolute atomic E-state index is 0.309. The average molecular weight is 250 g/mol. The molecule has 90 valence electrons. The zero-order valence-corrected chi connectivity index (χ0v) is 10.7. The monoisotopic (exact) mass is 250 g/mol. The summed E-state index contributed by atoms with van der Waals surface area (Å²) in [7, 11) is 0. The predicted octanol–water partition coefficient (Wildman–Crippen LogP) is 3.70. The summed E-state index contributed by atoms with van der Waals surface area (Å²) in [6.07, 6.45) is 0. The second-order valence-corrected chi connectivity index (χ2v) is 5.38. The second kappa shape index (κ2) is 4.75. The Hall–Kier alpha value is -1.55. The van der Waals surface area contributed by atoms with Crippen LogP contribution in [0.15, 0.2) is 24.3 Å². The number of anilines is 2. The third-order valence-corrected chi connectivity index (χ3v) is 3.84. The van der Waals surface area contributed by atoms with Gasteiger partial charge in [0, 0.05) is 16.3 Å². The highest BCUT2D eigenvalue weighted by Gasteiger charge is 2.03. The summed E-state index contributed by atoms with van der Waals surface area (Å²) in [4.78, 5) is 2.58. The molecule has 0 saturated heterocycles. The van der Waals surface area contributed by atoms with Gasteiger partial charge in [-0.3, -0.25) is 0 Å². The molecule has 0 spiro atoms. The van der Waals surface area contributed by atoms with E-state index >= 15 is 0 Å². The molecule has 0 fully saturated rings. The molecular weight excluding hydrogens is 235 g/mol. The number of rotatable bonds is 3. The minimum Gasteiger partial charge on any atom is -0.397 e. The van der Waals surface area contributed by atoms with E-state index in [9.17, 15) is 4.39 Å². The van der Waals surface area contributed by atoms with Gasteiger partial charge in [-0.25, -0.2) is 4.39 Å². The van der Waals surface area contributed by atoms with Crippen LogP contribution in [0.1, 0.15) is 15.3 Å². The lowest BCUT2D eigenvalue weighted by Crippen LogP contribution is -2.01. The predicted molar refractivity (Wildman–Crippen MR) is 71.9 cm³/mol. The average Bonchev–Trinajstić information content (AvgIpc) is 2.57. The van der Waals surface area contributed by atoms with Crippen LogP contribution in [0.3, 0.4) is 0 Å². The maximum atomic E-state index is 12.9. The lowest BCUT2D eigenvalue weighted by Gasteiger charge is -2.07. The van der Waals surface area contributed by atoms with Gasteiger partial charge in [-0.2, -0.15) is 0 Å². The van der Waals surface area contributed by atoms with Crippen molar-refractivity contribution in [1.29, 1.82) is 0 Å². The first-order chi connectivity index (χ1) is 8.06. The van der Waals surface area contributed by atoms with E-state index in [1.807, 2.05) is 0 Å². The molecule has 3 N–H and O–H groups in total. The fraction of sp³-hybridized carbons (Fsp3) is 0.231. The molecular formula is C13H15FN2S. The lowest BCUT2D eigenvalue weighted by molar-refractivity contribution is 0.628. The molecule has 2 aromatic rings. The molecule has 1 aromatic heterocycles. The molecule has 1 aromatic carbocycles. The second-order valence-electron chi connectivity index (χ2n) is 4.04. The van der Waals surface area contributed by atoms with Gasteiger partial charge in [-0.05, 0) is 43.7 Å². The minimum atomic E-state index is -0.309. The van der Waals surface area contributed by atoms with Crippen LogP contribution in [0.5, 0.6) is 0 Å². The standard InChI is InChI=1S/C13H15FN2S/c1-8-5-11(17-9(8)2)7-16-13-4-3-10(14)6-12(13)15/h3-6,16H,7,15H2,1-2H3. The number of benzene rings is 1. The summed E-state index contributed by atoms with van der Waals surface area (Å²) in [5.74, 6) is -0.309. The van der Waals surface area contributed by atoms with E-state index in [1.165, 1.54) is 27.5 Å². The summed E-state index contributed by atoms with van der Waals surface area (Å²) < 4.78 is 12.9. The molecule has 0 saturated carbocycles. The molecule has 0 amide bonds. The van der Waals surface area contributed by atoms with Crippen molar-refractivity contribution in [2.24, 2.45) is 0 Å². The van der Waals surface area contributed by atoms with Crippen LogP contribution in [0.4, 0.5) is 15.8 Å². The lowest BCUT2D eigenvalue weighted by atomic mass is 10.2. The summed E-state index contributed by atoms with van der Waals surface area (Å²) in [5, 5.41) is 3.22. The third kappa shape index (κ3) is 2.77. The number of halogens is 1. The van der Waals surface area contributed by atoms with Crippen molar-refractivity contribution in [2.75, 3.05) is 11.1 Å². The van der Waals surface area contributed by atoms with Crippen LogP contribution in [-0.4, -0.2) is 0 Å². The van der Waals surface area contributed by atoms with E-state index < -0.39 is 0 Å². The Balaban J connectivity index is 2.07. The van der Waals surface area contributed by atoms with Crippen molar-refractivity contribution < 1.29 is 4.39 Å². The fourth-order valence-electron chi connectivity index (χ4n) is 1.61. The Kier molecular flexibility index (Phi) is 3.33. The van der Waals surface area contributed by atoms with Gasteiger partial charge in [-0.1, -0.05) is 0 Å². The number of thiophene rings is 1. The Morgan fingerprint density at radius 1 is 1.29 bits per heavy atom. The number of aryl methyl sites for hydroxylation is 2. The van der Waals surface area contributed by atoms with Crippen molar-refractivity contribution in [1.82, 2.24) is 0 Å². The van der Waals surface area contributed by atoms with E-state index in [0.717, 1.165) is 12.2 Å². The van der Waals surface area contributed by atoms with Crippen molar-refractivity contribution in [3.8, 4) is 0 Å². The summed E-state index contributed by atoms with van der Waals surface area (Å²) in [5.41, 5.74) is 8.24. The molecule has 0 atom stereocenters. The SMILES string of the molecule is Cc1cc(CNc2ccc(F)cc2N)sc1C. The third-order valence-electron chi connectivity index (χ3n) is 2.68. The van der Waals surface area contributed by atoms with Gasteiger partial charge in [0.25, 0.3) is 0 Å². The molecule has 0 aliphatic heterocycles. The van der Waals surface area contributed by atoms with E-state index in [0.29, 0.717) is 5.69 Å². The molecule has 17 heavy (non-hydrogen) atoms. The Bertz CT molecular complexity index is 515. The highest BCUT2D eigenvalue weighted by atomic mass is 32.1. The number of nitrogens with one attached hydrogen (secondary N) is 1. The van der Waals surface area contributed by atoms with Crippen LogP contribution in [0.2, 0.25) is 0 Å². The topological polar surface area (TPSA) is 38.0 Å². The summed E-state index contributed by atoms with van der Waals surface area (Å²) >= 11 is 1.77. The highest BCUT2D eigenvalue weighted by Crippen LogP contribution is 2.24. The van der Waals surface area contributed by atoms with Gasteiger partial charge >= 0.3 is 0 Å². The zero-order chi connectivity index (χ0) is 12.4. The van der Waals surface area contributed by atoms with E-state index in [2.05, 4.69) is 25.2 Å². The smallest absolute Gasteiger partial charge is 0.125 e. The van der Waals surface area contributed by atoms with Gasteiger partial charge in [0.05, 0.1) is 11.4 Å². The molecule has 0 bridgehead atoms. The van der Waals surface area contributed by atoms with Gasteiger partial charge in [0.1, 0.15) is 5.82 Å². The normalized spacial score (nSPS) is 10.5. The molecule has 0 unspecified atom stereocenters. The van der Waals surface area contributed by atoms with Gasteiger partial charge < -0.3 is 11.1 Å². The van der Waals surface area contributed by atoms with Crippen LogP contribution < -0.4 is 11.1 Å². The largest absolute Gasteiger partial charge is 0.397 e. The number of hydrogen-bond acceptors (Lipinski definition) is 3. The molecule has 0 aliphatic carbocycles. The van der Waals surface area contributed by atoms with Crippen molar-refractivity contribution in [2.45, 2.75) is 20.4 Å². The molecule has 2 rings (SSSR count). The van der Waals surface area contributed by atoms with Crippen LogP contribution in [0.25, 0.3) is 0 Å². The molecule has 4 heteroatoms. The van der Waals surface area contributed by atoms with E-state index in [4.69, 9.17) is 5.73 Å². The van der Waals surface area contributed by atoms with Crippen LogP contribution in [-0.2, 0) is 6.54 Å². The first kappa shape index (κ1) is 11.9. The molecule has 1 heterocycles. The quantitative estimate of drug-likeness (QED) is 0.815.